The normalized spacial score (nSPS) is 17.5. The van der Waals surface area contributed by atoms with E-state index < -0.39 is 11.9 Å². The molecule has 3 rings (SSSR count). The maximum atomic E-state index is 12.5. The van der Waals surface area contributed by atoms with Gasteiger partial charge in [-0.2, -0.15) is 0 Å². The summed E-state index contributed by atoms with van der Waals surface area (Å²) in [5, 5.41) is 14.8. The zero-order chi connectivity index (χ0) is 24.2. The predicted molar refractivity (Wildman–Crippen MR) is 123 cm³/mol. The largest absolute Gasteiger partial charge is 0.491 e. The van der Waals surface area contributed by atoms with Crippen LogP contribution in [0.2, 0.25) is 0 Å². The zero-order valence-corrected chi connectivity index (χ0v) is 19.3. The molecule has 2 aliphatic heterocycles. The van der Waals surface area contributed by atoms with E-state index >= 15 is 0 Å². The number of benzene rings is 1. The Morgan fingerprint density at radius 2 is 1.73 bits per heavy atom. The van der Waals surface area contributed by atoms with Crippen LogP contribution in [0.25, 0.3) is 6.08 Å². The predicted octanol–water partition coefficient (Wildman–Crippen LogP) is 2.21. The Morgan fingerprint density at radius 3 is 2.30 bits per heavy atom. The number of hydrogen-bond donors (Lipinski definition) is 2. The maximum Gasteiger partial charge on any atom is 0.414 e. The molecule has 0 aliphatic carbocycles. The molecule has 0 atom stereocenters. The molecule has 0 saturated carbocycles. The Bertz CT molecular complexity index is 799. The van der Waals surface area contributed by atoms with Gasteiger partial charge in [0.1, 0.15) is 5.75 Å². The first-order valence-corrected chi connectivity index (χ1v) is 11.2. The van der Waals surface area contributed by atoms with Gasteiger partial charge in [-0.1, -0.05) is 24.3 Å². The number of morpholine rings is 1. The zero-order valence-electron chi connectivity index (χ0n) is 19.3. The summed E-state index contributed by atoms with van der Waals surface area (Å²) in [5.41, 5.74) is 1.17. The van der Waals surface area contributed by atoms with Crippen molar-refractivity contribution < 1.29 is 34.1 Å². The fraction of sp³-hybridized carbons (Fsp3) is 0.542. The number of carbonyl (C=O) groups excluding carboxylic acids is 1. The van der Waals surface area contributed by atoms with Crippen molar-refractivity contribution in [1.82, 2.24) is 9.80 Å². The summed E-state index contributed by atoms with van der Waals surface area (Å²) in [5.74, 6) is -1.94. The highest BCUT2D eigenvalue weighted by atomic mass is 16.5. The van der Waals surface area contributed by atoms with Crippen molar-refractivity contribution in [2.75, 3.05) is 45.9 Å². The number of carboxylic acids is 2. The van der Waals surface area contributed by atoms with Crippen LogP contribution in [0, 0.1) is 5.92 Å². The van der Waals surface area contributed by atoms with E-state index in [1.165, 1.54) is 5.56 Å². The summed E-state index contributed by atoms with van der Waals surface area (Å²) in [7, 11) is 0. The van der Waals surface area contributed by atoms with Gasteiger partial charge in [-0.05, 0) is 50.3 Å². The van der Waals surface area contributed by atoms with Crippen LogP contribution in [-0.4, -0.2) is 89.9 Å². The third kappa shape index (κ3) is 10.0. The number of ether oxygens (including phenoxy) is 2. The summed E-state index contributed by atoms with van der Waals surface area (Å²) in [4.78, 5) is 34.9. The number of nitrogens with zero attached hydrogens (tertiary/aromatic N) is 2. The first-order chi connectivity index (χ1) is 15.7. The Morgan fingerprint density at radius 1 is 1.09 bits per heavy atom. The molecule has 9 heteroatoms. The Labute approximate surface area is 194 Å². The standard InChI is InChI=1S/C22H32N2O3.C2H2O4/c1-18(2)27-21-5-3-4-20(16-21)7-6-19-8-10-24(11-9-19)22(25)17-23-12-14-26-15-13-23;3-1(4)2(5)6/h3-7,16,18-19H,8-15,17H2,1-2H3;(H,3,4)(H,5,6)/b7-6+;. The molecule has 2 heterocycles. The van der Waals surface area contributed by atoms with Crippen LogP contribution in [0.4, 0.5) is 0 Å². The van der Waals surface area contributed by atoms with Gasteiger partial charge < -0.3 is 24.6 Å². The van der Waals surface area contributed by atoms with E-state index in [1.54, 1.807) is 0 Å². The smallest absolute Gasteiger partial charge is 0.414 e. The van der Waals surface area contributed by atoms with E-state index in [4.69, 9.17) is 29.3 Å². The summed E-state index contributed by atoms with van der Waals surface area (Å²) in [6.07, 6.45) is 6.73. The van der Waals surface area contributed by atoms with Crippen molar-refractivity contribution in [2.45, 2.75) is 32.8 Å². The molecule has 2 aliphatic rings. The number of aliphatic carboxylic acids is 2. The molecule has 2 saturated heterocycles. The van der Waals surface area contributed by atoms with Crippen molar-refractivity contribution in [3.63, 3.8) is 0 Å². The van der Waals surface area contributed by atoms with Crippen LogP contribution < -0.4 is 4.74 Å². The summed E-state index contributed by atoms with van der Waals surface area (Å²) >= 11 is 0. The second-order valence-electron chi connectivity index (χ2n) is 8.32. The molecule has 9 nitrogen and oxygen atoms in total. The summed E-state index contributed by atoms with van der Waals surface area (Å²) < 4.78 is 11.1. The lowest BCUT2D eigenvalue weighted by molar-refractivity contribution is -0.159. The van der Waals surface area contributed by atoms with E-state index in [9.17, 15) is 4.79 Å². The first-order valence-electron chi connectivity index (χ1n) is 11.2. The van der Waals surface area contributed by atoms with Crippen molar-refractivity contribution >= 4 is 23.9 Å². The minimum atomic E-state index is -1.82. The maximum absolute atomic E-state index is 12.5. The molecule has 1 aromatic carbocycles. The van der Waals surface area contributed by atoms with E-state index in [2.05, 4.69) is 29.2 Å². The van der Waals surface area contributed by atoms with Gasteiger partial charge in [0.15, 0.2) is 0 Å². The van der Waals surface area contributed by atoms with E-state index in [-0.39, 0.29) is 12.0 Å². The van der Waals surface area contributed by atoms with Crippen molar-refractivity contribution in [3.05, 3.63) is 35.9 Å². The Balaban J connectivity index is 0.000000569. The average Bonchev–Trinajstić information content (AvgIpc) is 2.79. The average molecular weight is 463 g/mol. The number of allylic oxidation sites excluding steroid dienone is 1. The SMILES string of the molecule is CC(C)Oc1cccc(/C=C/C2CCN(C(=O)CN3CCOCC3)CC2)c1.O=C(O)C(=O)O. The minimum Gasteiger partial charge on any atom is -0.491 e. The number of rotatable bonds is 6. The minimum absolute atomic E-state index is 0.184. The van der Waals surface area contributed by atoms with E-state index in [1.807, 2.05) is 30.9 Å². The van der Waals surface area contributed by atoms with Gasteiger partial charge in [-0.3, -0.25) is 9.69 Å². The highest BCUT2D eigenvalue weighted by Crippen LogP contribution is 2.21. The summed E-state index contributed by atoms with van der Waals surface area (Å²) in [6.45, 7) is 9.53. The van der Waals surface area contributed by atoms with Crippen LogP contribution >= 0.6 is 0 Å². The molecular weight excluding hydrogens is 428 g/mol. The molecule has 0 spiro atoms. The molecule has 33 heavy (non-hydrogen) atoms. The number of piperidine rings is 1. The van der Waals surface area contributed by atoms with Gasteiger partial charge in [0.05, 0.1) is 25.9 Å². The molecule has 0 unspecified atom stereocenters. The van der Waals surface area contributed by atoms with Crippen LogP contribution in [0.5, 0.6) is 5.75 Å². The molecule has 2 N–H and O–H groups in total. The Hall–Kier alpha value is -2.91. The number of likely N-dealkylation sites (tertiary alicyclic amines) is 1. The van der Waals surface area contributed by atoms with Gasteiger partial charge >= 0.3 is 11.9 Å². The van der Waals surface area contributed by atoms with E-state index in [0.717, 1.165) is 58.0 Å². The molecule has 2 fully saturated rings. The van der Waals surface area contributed by atoms with Crippen LogP contribution in [0.1, 0.15) is 32.3 Å². The number of carbonyl (C=O) groups is 3. The van der Waals surface area contributed by atoms with Crippen molar-refractivity contribution in [1.29, 1.82) is 0 Å². The highest BCUT2D eigenvalue weighted by Gasteiger charge is 2.23. The lowest BCUT2D eigenvalue weighted by atomic mass is 9.95. The molecule has 182 valence electrons. The molecule has 0 radical (unpaired) electrons. The second-order valence-corrected chi connectivity index (χ2v) is 8.32. The van der Waals surface area contributed by atoms with Gasteiger partial charge in [-0.15, -0.1) is 0 Å². The van der Waals surface area contributed by atoms with Gasteiger partial charge in [0.2, 0.25) is 5.91 Å². The van der Waals surface area contributed by atoms with Gasteiger partial charge in [0, 0.05) is 26.2 Å². The fourth-order valence-corrected chi connectivity index (χ4v) is 3.60. The van der Waals surface area contributed by atoms with Gasteiger partial charge in [0.25, 0.3) is 0 Å². The molecule has 0 bridgehead atoms. The third-order valence-electron chi connectivity index (χ3n) is 5.33. The molecule has 0 aromatic heterocycles. The fourth-order valence-electron chi connectivity index (χ4n) is 3.60. The topological polar surface area (TPSA) is 117 Å². The second kappa shape index (κ2) is 13.6. The quantitative estimate of drug-likeness (QED) is 0.618. The molecule has 1 aromatic rings. The van der Waals surface area contributed by atoms with Crippen LogP contribution in [0.3, 0.4) is 0 Å². The monoisotopic (exact) mass is 462 g/mol. The molecular formula is C24H34N2O7. The van der Waals surface area contributed by atoms with Crippen molar-refractivity contribution in [2.24, 2.45) is 5.92 Å². The highest BCUT2D eigenvalue weighted by molar-refractivity contribution is 6.27. The lowest BCUT2D eigenvalue weighted by Gasteiger charge is -2.33. The number of amides is 1. The first kappa shape index (κ1) is 26.3. The van der Waals surface area contributed by atoms with Crippen LogP contribution in [0.15, 0.2) is 30.3 Å². The number of hydrogen-bond acceptors (Lipinski definition) is 6. The summed E-state index contributed by atoms with van der Waals surface area (Å²) in [6, 6.07) is 8.21. The number of carboxylic acid groups (broad SMARTS) is 2. The van der Waals surface area contributed by atoms with Gasteiger partial charge in [-0.25, -0.2) is 9.59 Å². The van der Waals surface area contributed by atoms with Crippen molar-refractivity contribution in [3.8, 4) is 5.75 Å². The third-order valence-corrected chi connectivity index (χ3v) is 5.33. The van der Waals surface area contributed by atoms with E-state index in [0.29, 0.717) is 12.5 Å². The van der Waals surface area contributed by atoms with Crippen LogP contribution in [-0.2, 0) is 19.1 Å². The Kier molecular flexibility index (Phi) is 10.9. The lowest BCUT2D eigenvalue weighted by Crippen LogP contribution is -2.46. The molecule has 1 amide bonds.